The number of carbonyl (C=O) groups excluding carboxylic acids is 2. The van der Waals surface area contributed by atoms with Gasteiger partial charge in [0.15, 0.2) is 0 Å². The summed E-state index contributed by atoms with van der Waals surface area (Å²) in [6.07, 6.45) is 2.74. The van der Waals surface area contributed by atoms with Crippen molar-refractivity contribution < 1.29 is 22.7 Å². The van der Waals surface area contributed by atoms with Crippen LogP contribution in [0.4, 0.5) is 5.69 Å². The van der Waals surface area contributed by atoms with E-state index in [0.29, 0.717) is 29.3 Å². The van der Waals surface area contributed by atoms with Gasteiger partial charge in [-0.1, -0.05) is 37.6 Å². The molecule has 2 aromatic rings. The van der Waals surface area contributed by atoms with Gasteiger partial charge in [-0.25, -0.2) is 8.42 Å². The van der Waals surface area contributed by atoms with Gasteiger partial charge in [0.05, 0.1) is 19.1 Å². The number of ether oxygens (including phenoxy) is 1. The molecule has 0 aliphatic heterocycles. The number of nitrogens with zero attached hydrogens (tertiary/aromatic N) is 2. The van der Waals surface area contributed by atoms with Gasteiger partial charge in [0.1, 0.15) is 11.8 Å². The highest BCUT2D eigenvalue weighted by Gasteiger charge is 2.29. The third kappa shape index (κ3) is 9.23. The Morgan fingerprint density at radius 1 is 1.03 bits per heavy atom. The molecule has 2 aromatic carbocycles. The zero-order valence-corrected chi connectivity index (χ0v) is 23.8. The van der Waals surface area contributed by atoms with Crippen LogP contribution in [0.5, 0.6) is 5.75 Å². The maximum atomic E-state index is 13.5. The Kier molecular flexibility index (Phi) is 11.7. The van der Waals surface area contributed by atoms with E-state index in [4.69, 9.17) is 16.3 Å². The molecule has 2 atom stereocenters. The molecule has 0 radical (unpaired) electrons. The normalized spacial score (nSPS) is 12.9. The Labute approximate surface area is 226 Å². The summed E-state index contributed by atoms with van der Waals surface area (Å²) in [7, 11) is -2.03. The van der Waals surface area contributed by atoms with Crippen molar-refractivity contribution in [2.24, 2.45) is 0 Å². The summed E-state index contributed by atoms with van der Waals surface area (Å²) in [5.41, 5.74) is 1.34. The van der Waals surface area contributed by atoms with Gasteiger partial charge in [-0.15, -0.1) is 0 Å². The first-order valence-corrected chi connectivity index (χ1v) is 14.7. The van der Waals surface area contributed by atoms with Crippen molar-refractivity contribution in [3.05, 3.63) is 59.1 Å². The van der Waals surface area contributed by atoms with Gasteiger partial charge in [-0.05, 0) is 68.1 Å². The van der Waals surface area contributed by atoms with Crippen LogP contribution < -0.4 is 14.4 Å². The number of sulfonamides is 1. The van der Waals surface area contributed by atoms with Gasteiger partial charge in [0, 0.05) is 30.6 Å². The molecule has 1 N–H and O–H groups in total. The molecule has 0 saturated heterocycles. The average Bonchev–Trinajstić information content (AvgIpc) is 2.86. The molecule has 0 unspecified atom stereocenters. The van der Waals surface area contributed by atoms with Gasteiger partial charge in [-0.3, -0.25) is 13.9 Å². The lowest BCUT2D eigenvalue weighted by atomic mass is 10.1. The van der Waals surface area contributed by atoms with Crippen LogP contribution in [-0.2, 0) is 26.2 Å². The standard InChI is InChI=1S/C27H38ClN3O5S/c1-6-20(3)29-27(33)25(7-2)30(19-21-10-12-22(28)13-11-21)26(32)9-8-18-31(37(5,34)35)23-14-16-24(36-4)17-15-23/h10-17,20,25H,6-9,18-19H2,1-5H3,(H,29,33)/t20-,25-/m0/s1. The molecule has 0 saturated carbocycles. The fraction of sp³-hybridized carbons (Fsp3) is 0.481. The molecule has 0 bridgehead atoms. The first kappa shape index (κ1) is 30.4. The lowest BCUT2D eigenvalue weighted by molar-refractivity contribution is -0.141. The van der Waals surface area contributed by atoms with Crippen LogP contribution >= 0.6 is 11.6 Å². The Hall–Kier alpha value is -2.78. The number of carbonyl (C=O) groups is 2. The SMILES string of the molecule is CC[C@H](C)NC(=O)[C@H](CC)N(Cc1ccc(Cl)cc1)C(=O)CCCN(c1ccc(OC)cc1)S(C)(=O)=O. The summed E-state index contributed by atoms with van der Waals surface area (Å²) in [6, 6.07) is 13.2. The first-order valence-electron chi connectivity index (χ1n) is 12.5. The molecular formula is C27H38ClN3O5S. The molecule has 0 spiro atoms. The maximum Gasteiger partial charge on any atom is 0.243 e. The number of halogens is 1. The number of rotatable bonds is 14. The van der Waals surface area contributed by atoms with Gasteiger partial charge in [0.25, 0.3) is 0 Å². The van der Waals surface area contributed by atoms with Crippen molar-refractivity contribution in [3.63, 3.8) is 0 Å². The van der Waals surface area contributed by atoms with E-state index in [1.807, 2.05) is 32.9 Å². The van der Waals surface area contributed by atoms with Crippen LogP contribution in [-0.4, -0.2) is 57.1 Å². The first-order chi connectivity index (χ1) is 17.5. The summed E-state index contributed by atoms with van der Waals surface area (Å²) in [5, 5.41) is 3.57. The fourth-order valence-corrected chi connectivity index (χ4v) is 4.99. The maximum absolute atomic E-state index is 13.5. The summed E-state index contributed by atoms with van der Waals surface area (Å²) >= 11 is 6.02. The van der Waals surface area contributed by atoms with E-state index >= 15 is 0 Å². The number of benzene rings is 2. The van der Waals surface area contributed by atoms with E-state index in [0.717, 1.165) is 18.2 Å². The number of methoxy groups -OCH3 is 1. The minimum atomic E-state index is -3.57. The highest BCUT2D eigenvalue weighted by Crippen LogP contribution is 2.23. The van der Waals surface area contributed by atoms with Crippen LogP contribution in [0.2, 0.25) is 5.02 Å². The second-order valence-electron chi connectivity index (χ2n) is 9.03. The zero-order chi connectivity index (χ0) is 27.6. The van der Waals surface area contributed by atoms with Crippen molar-refractivity contribution >= 4 is 39.1 Å². The third-order valence-corrected chi connectivity index (χ3v) is 7.61. The second kappa shape index (κ2) is 14.2. The molecular weight excluding hydrogens is 514 g/mol. The van der Waals surface area contributed by atoms with E-state index in [1.54, 1.807) is 41.3 Å². The van der Waals surface area contributed by atoms with Crippen molar-refractivity contribution in [3.8, 4) is 5.75 Å². The average molecular weight is 552 g/mol. The Bertz CT molecular complexity index is 1120. The monoisotopic (exact) mass is 551 g/mol. The molecule has 204 valence electrons. The summed E-state index contributed by atoms with van der Waals surface area (Å²) in [4.78, 5) is 28.1. The minimum absolute atomic E-state index is 0.0122. The molecule has 2 amide bonds. The van der Waals surface area contributed by atoms with E-state index in [-0.39, 0.29) is 37.4 Å². The van der Waals surface area contributed by atoms with Crippen molar-refractivity contribution in [1.29, 1.82) is 0 Å². The molecule has 0 fully saturated rings. The number of anilines is 1. The molecule has 2 rings (SSSR count). The highest BCUT2D eigenvalue weighted by molar-refractivity contribution is 7.92. The molecule has 0 aromatic heterocycles. The van der Waals surface area contributed by atoms with Gasteiger partial charge < -0.3 is 15.0 Å². The lowest BCUT2D eigenvalue weighted by Gasteiger charge is -2.32. The molecule has 0 aliphatic carbocycles. The highest BCUT2D eigenvalue weighted by atomic mass is 35.5. The van der Waals surface area contributed by atoms with E-state index in [1.165, 1.54) is 11.4 Å². The number of hydrogen-bond acceptors (Lipinski definition) is 5. The van der Waals surface area contributed by atoms with Crippen LogP contribution in [0.15, 0.2) is 48.5 Å². The Morgan fingerprint density at radius 3 is 2.16 bits per heavy atom. The van der Waals surface area contributed by atoms with Crippen molar-refractivity contribution in [2.75, 3.05) is 24.2 Å². The van der Waals surface area contributed by atoms with Crippen LogP contribution in [0.25, 0.3) is 0 Å². The van der Waals surface area contributed by atoms with Gasteiger partial charge in [-0.2, -0.15) is 0 Å². The quantitative estimate of drug-likeness (QED) is 0.370. The molecule has 8 nitrogen and oxygen atoms in total. The minimum Gasteiger partial charge on any atom is -0.497 e. The van der Waals surface area contributed by atoms with Crippen molar-refractivity contribution in [2.45, 2.75) is 65.1 Å². The predicted molar refractivity (Wildman–Crippen MR) is 148 cm³/mol. The van der Waals surface area contributed by atoms with Crippen LogP contribution in [0.1, 0.15) is 52.0 Å². The van der Waals surface area contributed by atoms with Crippen LogP contribution in [0.3, 0.4) is 0 Å². The third-order valence-electron chi connectivity index (χ3n) is 6.17. The molecule has 37 heavy (non-hydrogen) atoms. The topological polar surface area (TPSA) is 96.0 Å². The fourth-order valence-electron chi connectivity index (χ4n) is 3.90. The van der Waals surface area contributed by atoms with E-state index in [9.17, 15) is 18.0 Å². The zero-order valence-electron chi connectivity index (χ0n) is 22.2. The largest absolute Gasteiger partial charge is 0.497 e. The van der Waals surface area contributed by atoms with Crippen LogP contribution in [0, 0.1) is 0 Å². The lowest BCUT2D eigenvalue weighted by Crippen LogP contribution is -2.50. The Balaban J connectivity index is 2.21. The van der Waals surface area contributed by atoms with E-state index in [2.05, 4.69) is 5.32 Å². The van der Waals surface area contributed by atoms with E-state index < -0.39 is 16.1 Å². The number of hydrogen-bond donors (Lipinski definition) is 1. The molecule has 10 heteroatoms. The summed E-state index contributed by atoms with van der Waals surface area (Å²) < 4.78 is 31.4. The number of nitrogens with one attached hydrogen (secondary N) is 1. The summed E-state index contributed by atoms with van der Waals surface area (Å²) in [6.45, 7) is 6.16. The predicted octanol–water partition coefficient (Wildman–Crippen LogP) is 4.62. The number of amides is 2. The molecule has 0 heterocycles. The second-order valence-corrected chi connectivity index (χ2v) is 11.4. The Morgan fingerprint density at radius 2 is 1.65 bits per heavy atom. The molecule has 0 aliphatic rings. The van der Waals surface area contributed by atoms with Gasteiger partial charge in [0.2, 0.25) is 21.8 Å². The summed E-state index contributed by atoms with van der Waals surface area (Å²) in [5.74, 6) is 0.200. The van der Waals surface area contributed by atoms with Crippen molar-refractivity contribution in [1.82, 2.24) is 10.2 Å². The van der Waals surface area contributed by atoms with Gasteiger partial charge >= 0.3 is 0 Å². The smallest absolute Gasteiger partial charge is 0.243 e.